The van der Waals surface area contributed by atoms with Crippen LogP contribution >= 0.6 is 0 Å². The Morgan fingerprint density at radius 1 is 0.315 bits per heavy atom. The molecule has 9 aromatic carbocycles. The molecule has 4 nitrogen and oxygen atoms in total. The van der Waals surface area contributed by atoms with E-state index in [-0.39, 0.29) is 0 Å². The molecule has 11 rings (SSSR count). The Morgan fingerprint density at radius 2 is 0.833 bits per heavy atom. The molecule has 0 amide bonds. The van der Waals surface area contributed by atoms with Crippen LogP contribution in [0.4, 0.5) is 0 Å². The van der Waals surface area contributed by atoms with Crippen molar-refractivity contribution in [3.05, 3.63) is 194 Å². The van der Waals surface area contributed by atoms with Gasteiger partial charge in [0.1, 0.15) is 11.6 Å². The molecule has 0 aliphatic heterocycles. The second-order valence-electron chi connectivity index (χ2n) is 13.8. The fraction of sp³-hybridized carbons (Fsp3) is 0. The van der Waals surface area contributed by atoms with Crippen LogP contribution in [-0.2, 0) is 0 Å². The molecule has 0 atom stereocenters. The Morgan fingerprint density at radius 3 is 1.54 bits per heavy atom. The van der Waals surface area contributed by atoms with Crippen molar-refractivity contribution in [2.75, 3.05) is 0 Å². The van der Waals surface area contributed by atoms with E-state index in [4.69, 9.17) is 9.97 Å². The topological polar surface area (TPSA) is 35.6 Å². The van der Waals surface area contributed by atoms with Crippen molar-refractivity contribution in [2.45, 2.75) is 0 Å². The van der Waals surface area contributed by atoms with Gasteiger partial charge in [-0.05, 0) is 104 Å². The zero-order valence-corrected chi connectivity index (χ0v) is 29.3. The van der Waals surface area contributed by atoms with Crippen LogP contribution in [0.15, 0.2) is 194 Å². The third kappa shape index (κ3) is 4.78. The second kappa shape index (κ2) is 12.1. The summed E-state index contributed by atoms with van der Waals surface area (Å²) >= 11 is 0. The molecule has 0 radical (unpaired) electrons. The quantitative estimate of drug-likeness (QED) is 0.133. The largest absolute Gasteiger partial charge is 0.292 e. The summed E-state index contributed by atoms with van der Waals surface area (Å²) in [6.45, 7) is 0. The number of aromatic nitrogens is 4. The highest BCUT2D eigenvalue weighted by Crippen LogP contribution is 2.42. The summed E-state index contributed by atoms with van der Waals surface area (Å²) in [4.78, 5) is 10.4. The fourth-order valence-electron chi connectivity index (χ4n) is 8.20. The number of hydrogen-bond donors (Lipinski definition) is 0. The molecule has 0 N–H and O–H groups in total. The van der Waals surface area contributed by atoms with Crippen molar-refractivity contribution >= 4 is 54.4 Å². The Bertz CT molecular complexity index is 3190. The summed E-state index contributed by atoms with van der Waals surface area (Å²) < 4.78 is 4.56. The Hall–Kier alpha value is -7.30. The highest BCUT2D eigenvalue weighted by molar-refractivity contribution is 6.20. The first-order chi connectivity index (χ1) is 26.8. The number of hydrogen-bond acceptors (Lipinski definition) is 2. The van der Waals surface area contributed by atoms with Crippen molar-refractivity contribution in [1.29, 1.82) is 0 Å². The monoisotopic (exact) mass is 688 g/mol. The molecule has 0 aliphatic carbocycles. The molecule has 0 aliphatic rings. The standard InChI is InChI=1S/C50H32N4/c1-3-14-38(15-4-1)53-46-21-11-9-19-44(46)51-49(53)34-25-23-33(24-26-34)35-27-29-40-37(31-35)28-30-42-43(40)32-36-13-7-8-18-41(36)48(42)50-52-45-20-10-12-22-47(45)54(50)39-16-5-2-6-17-39/h1-32H. The molecule has 0 unspecified atom stereocenters. The van der Waals surface area contributed by atoms with Crippen LogP contribution in [0.25, 0.3) is 99.7 Å². The minimum absolute atomic E-state index is 0.933. The lowest BCUT2D eigenvalue weighted by Gasteiger charge is -2.16. The highest BCUT2D eigenvalue weighted by atomic mass is 15.1. The predicted molar refractivity (Wildman–Crippen MR) is 225 cm³/mol. The van der Waals surface area contributed by atoms with E-state index in [2.05, 4.69) is 191 Å². The Labute approximate surface area is 311 Å². The van der Waals surface area contributed by atoms with Crippen LogP contribution in [0.1, 0.15) is 0 Å². The van der Waals surface area contributed by atoms with Gasteiger partial charge in [-0.2, -0.15) is 0 Å². The molecule has 252 valence electrons. The van der Waals surface area contributed by atoms with Crippen LogP contribution in [0.3, 0.4) is 0 Å². The SMILES string of the molecule is c1ccc(-n2c(-c3ccc(-c4ccc5c(ccc6c(-c7nc8ccccc8n7-c7ccccc7)c7ccccc7cc65)c4)cc3)nc3ccccc32)cc1. The highest BCUT2D eigenvalue weighted by Gasteiger charge is 2.20. The van der Waals surface area contributed by atoms with E-state index in [9.17, 15) is 0 Å². The van der Waals surface area contributed by atoms with E-state index in [0.29, 0.717) is 0 Å². The normalized spacial score (nSPS) is 11.7. The Balaban J connectivity index is 1.05. The minimum Gasteiger partial charge on any atom is -0.292 e. The average Bonchev–Trinajstić information content (AvgIpc) is 3.82. The minimum atomic E-state index is 0.933. The van der Waals surface area contributed by atoms with Crippen molar-refractivity contribution in [2.24, 2.45) is 0 Å². The van der Waals surface area contributed by atoms with Crippen LogP contribution in [-0.4, -0.2) is 19.1 Å². The van der Waals surface area contributed by atoms with Crippen LogP contribution in [0.5, 0.6) is 0 Å². The molecular formula is C50H32N4. The van der Waals surface area contributed by atoms with Crippen LogP contribution in [0.2, 0.25) is 0 Å². The zero-order chi connectivity index (χ0) is 35.6. The first-order valence-corrected chi connectivity index (χ1v) is 18.3. The van der Waals surface area contributed by atoms with Gasteiger partial charge in [0.05, 0.1) is 22.1 Å². The first kappa shape index (κ1) is 30.3. The van der Waals surface area contributed by atoms with Gasteiger partial charge in [-0.25, -0.2) is 9.97 Å². The molecule has 54 heavy (non-hydrogen) atoms. The van der Waals surface area contributed by atoms with Crippen molar-refractivity contribution in [1.82, 2.24) is 19.1 Å². The molecule has 0 fully saturated rings. The van der Waals surface area contributed by atoms with Gasteiger partial charge in [0.25, 0.3) is 0 Å². The summed E-state index contributed by atoms with van der Waals surface area (Å²) in [5.74, 6) is 1.88. The Kier molecular flexibility index (Phi) is 6.82. The number of rotatable bonds is 5. The van der Waals surface area contributed by atoms with Gasteiger partial charge in [-0.15, -0.1) is 0 Å². The van der Waals surface area contributed by atoms with Crippen molar-refractivity contribution in [3.8, 4) is 45.3 Å². The first-order valence-electron chi connectivity index (χ1n) is 18.3. The van der Waals surface area contributed by atoms with E-state index in [1.165, 1.54) is 43.4 Å². The van der Waals surface area contributed by atoms with Crippen molar-refractivity contribution < 1.29 is 0 Å². The summed E-state index contributed by atoms with van der Waals surface area (Å²) in [5.41, 5.74) is 10.9. The fourth-order valence-corrected chi connectivity index (χ4v) is 8.20. The van der Waals surface area contributed by atoms with Gasteiger partial charge >= 0.3 is 0 Å². The number of benzene rings is 9. The van der Waals surface area contributed by atoms with E-state index < -0.39 is 0 Å². The van der Waals surface area contributed by atoms with E-state index >= 15 is 0 Å². The van der Waals surface area contributed by atoms with Crippen molar-refractivity contribution in [3.63, 3.8) is 0 Å². The summed E-state index contributed by atoms with van der Waals surface area (Å²) in [6, 6.07) is 69.1. The third-order valence-corrected chi connectivity index (χ3v) is 10.7. The molecular weight excluding hydrogens is 657 g/mol. The third-order valence-electron chi connectivity index (χ3n) is 10.7. The summed E-state index contributed by atoms with van der Waals surface area (Å²) in [7, 11) is 0. The van der Waals surface area contributed by atoms with E-state index in [0.717, 1.165) is 56.2 Å². The molecule has 2 aromatic heterocycles. The average molecular weight is 689 g/mol. The maximum atomic E-state index is 5.31. The van der Waals surface area contributed by atoms with E-state index in [1.807, 2.05) is 12.1 Å². The predicted octanol–water partition coefficient (Wildman–Crippen LogP) is 12.8. The molecule has 4 heteroatoms. The van der Waals surface area contributed by atoms with Gasteiger partial charge in [0, 0.05) is 22.5 Å². The zero-order valence-electron chi connectivity index (χ0n) is 29.3. The lowest BCUT2D eigenvalue weighted by atomic mass is 9.91. The molecule has 0 saturated carbocycles. The maximum Gasteiger partial charge on any atom is 0.146 e. The van der Waals surface area contributed by atoms with Crippen LogP contribution in [0, 0.1) is 0 Å². The van der Waals surface area contributed by atoms with Gasteiger partial charge in [0.15, 0.2) is 0 Å². The lowest BCUT2D eigenvalue weighted by Crippen LogP contribution is -1.99. The van der Waals surface area contributed by atoms with Crippen LogP contribution < -0.4 is 0 Å². The number of para-hydroxylation sites is 6. The molecule has 0 spiro atoms. The van der Waals surface area contributed by atoms with Gasteiger partial charge in [0.2, 0.25) is 0 Å². The maximum absolute atomic E-state index is 5.31. The molecule has 2 heterocycles. The van der Waals surface area contributed by atoms with Gasteiger partial charge < -0.3 is 0 Å². The number of fused-ring (bicyclic) bond motifs is 6. The summed E-state index contributed by atoms with van der Waals surface area (Å²) in [6.07, 6.45) is 0. The number of imidazole rings is 2. The molecule has 0 bridgehead atoms. The summed E-state index contributed by atoms with van der Waals surface area (Å²) in [5, 5.41) is 7.21. The van der Waals surface area contributed by atoms with E-state index in [1.54, 1.807) is 0 Å². The number of nitrogens with zero attached hydrogens (tertiary/aromatic N) is 4. The lowest BCUT2D eigenvalue weighted by molar-refractivity contribution is 1.10. The smallest absolute Gasteiger partial charge is 0.146 e. The second-order valence-corrected chi connectivity index (χ2v) is 13.8. The molecule has 11 aromatic rings. The van der Waals surface area contributed by atoms with Gasteiger partial charge in [-0.3, -0.25) is 9.13 Å². The molecule has 0 saturated heterocycles. The van der Waals surface area contributed by atoms with Gasteiger partial charge in [-0.1, -0.05) is 133 Å².